The Hall–Kier alpha value is -2.59. The first-order valence-electron chi connectivity index (χ1n) is 7.23. The molecule has 4 heteroatoms. The number of rotatable bonds is 6. The predicted molar refractivity (Wildman–Crippen MR) is 86.1 cm³/mol. The second-order valence-electron chi connectivity index (χ2n) is 4.96. The summed E-state index contributed by atoms with van der Waals surface area (Å²) in [5.74, 6) is 0.872. The minimum absolute atomic E-state index is 0.325. The van der Waals surface area contributed by atoms with Crippen molar-refractivity contribution in [3.05, 3.63) is 76.6 Å². The minimum atomic E-state index is -0.325. The fourth-order valence-corrected chi connectivity index (χ4v) is 2.21. The van der Waals surface area contributed by atoms with Gasteiger partial charge in [-0.2, -0.15) is 0 Å². The van der Waals surface area contributed by atoms with Crippen LogP contribution in [0, 0.1) is 0 Å². The van der Waals surface area contributed by atoms with Gasteiger partial charge < -0.3 is 14.5 Å². The molecule has 22 heavy (non-hydrogen) atoms. The Balaban J connectivity index is 1.50. The first-order chi connectivity index (χ1) is 10.8. The molecule has 0 fully saturated rings. The van der Waals surface area contributed by atoms with Crippen molar-refractivity contribution in [2.75, 3.05) is 13.2 Å². The third-order valence-corrected chi connectivity index (χ3v) is 3.31. The average molecular weight is 295 g/mol. The van der Waals surface area contributed by atoms with Gasteiger partial charge in [0.1, 0.15) is 17.9 Å². The third kappa shape index (κ3) is 3.74. The molecule has 0 spiro atoms. The summed E-state index contributed by atoms with van der Waals surface area (Å²) in [5.41, 5.74) is 1.36. The number of fused-ring (bicyclic) bond motifs is 1. The second kappa shape index (κ2) is 6.91. The van der Waals surface area contributed by atoms with E-state index in [1.807, 2.05) is 48.5 Å². The summed E-state index contributed by atoms with van der Waals surface area (Å²) in [4.78, 5) is 11.2. The molecule has 1 heterocycles. The first kappa shape index (κ1) is 14.4. The molecule has 0 aliphatic heterocycles. The molecule has 0 bridgehead atoms. The largest absolute Gasteiger partial charge is 0.492 e. The highest BCUT2D eigenvalue weighted by atomic mass is 16.5. The fraction of sp³-hybridized carbons (Fsp3) is 0.167. The molecule has 3 rings (SSSR count). The molecular formula is C18H17NO3. The third-order valence-electron chi connectivity index (χ3n) is 3.31. The number of benzene rings is 2. The Morgan fingerprint density at radius 2 is 1.82 bits per heavy atom. The number of para-hydroxylation sites is 1. The zero-order valence-electron chi connectivity index (χ0n) is 12.1. The monoisotopic (exact) mass is 295 g/mol. The highest BCUT2D eigenvalue weighted by Gasteiger charge is 1.99. The maximum absolute atomic E-state index is 11.2. The van der Waals surface area contributed by atoms with Gasteiger partial charge in [0, 0.05) is 24.5 Å². The van der Waals surface area contributed by atoms with Crippen molar-refractivity contribution in [3.8, 4) is 5.75 Å². The molecule has 0 unspecified atom stereocenters. The van der Waals surface area contributed by atoms with Crippen molar-refractivity contribution in [2.45, 2.75) is 6.54 Å². The van der Waals surface area contributed by atoms with Crippen molar-refractivity contribution in [3.63, 3.8) is 0 Å². The highest BCUT2D eigenvalue weighted by molar-refractivity contribution is 5.76. The molecule has 0 saturated carbocycles. The van der Waals surface area contributed by atoms with Gasteiger partial charge in [0.05, 0.1) is 0 Å². The van der Waals surface area contributed by atoms with Crippen LogP contribution in [0.25, 0.3) is 11.0 Å². The van der Waals surface area contributed by atoms with E-state index >= 15 is 0 Å². The standard InChI is InChI=1S/C18H17NO3/c20-18-9-8-15-7-6-14(12-17(15)22-18)13-19-10-11-21-16-4-2-1-3-5-16/h1-9,12,19H,10-11,13H2. The molecular weight excluding hydrogens is 278 g/mol. The molecule has 0 amide bonds. The van der Waals surface area contributed by atoms with Crippen LogP contribution in [0.3, 0.4) is 0 Å². The second-order valence-corrected chi connectivity index (χ2v) is 4.96. The van der Waals surface area contributed by atoms with E-state index < -0.39 is 0 Å². The van der Waals surface area contributed by atoms with E-state index in [2.05, 4.69) is 5.32 Å². The van der Waals surface area contributed by atoms with Gasteiger partial charge in [-0.1, -0.05) is 30.3 Å². The van der Waals surface area contributed by atoms with Crippen LogP contribution in [0.5, 0.6) is 5.75 Å². The van der Waals surface area contributed by atoms with Crippen LogP contribution in [-0.4, -0.2) is 13.2 Å². The maximum Gasteiger partial charge on any atom is 0.336 e. The molecule has 112 valence electrons. The Morgan fingerprint density at radius 3 is 2.68 bits per heavy atom. The molecule has 0 radical (unpaired) electrons. The van der Waals surface area contributed by atoms with Crippen molar-refractivity contribution < 1.29 is 9.15 Å². The van der Waals surface area contributed by atoms with E-state index in [1.165, 1.54) is 6.07 Å². The smallest absolute Gasteiger partial charge is 0.336 e. The lowest BCUT2D eigenvalue weighted by atomic mass is 10.1. The molecule has 0 saturated heterocycles. The lowest BCUT2D eigenvalue weighted by molar-refractivity contribution is 0.313. The summed E-state index contributed by atoms with van der Waals surface area (Å²) in [5, 5.41) is 4.23. The topological polar surface area (TPSA) is 51.5 Å². The molecule has 0 aliphatic rings. The molecule has 1 aromatic heterocycles. The summed E-state index contributed by atoms with van der Waals surface area (Å²) in [6.45, 7) is 2.05. The van der Waals surface area contributed by atoms with Gasteiger partial charge in [-0.25, -0.2) is 4.79 Å². The molecule has 1 N–H and O–H groups in total. The van der Waals surface area contributed by atoms with Gasteiger partial charge >= 0.3 is 5.63 Å². The van der Waals surface area contributed by atoms with Crippen molar-refractivity contribution in [1.82, 2.24) is 5.32 Å². The van der Waals surface area contributed by atoms with Crippen LogP contribution in [-0.2, 0) is 6.54 Å². The van der Waals surface area contributed by atoms with Gasteiger partial charge in [-0.3, -0.25) is 0 Å². The Morgan fingerprint density at radius 1 is 1.00 bits per heavy atom. The van der Waals surface area contributed by atoms with Crippen LogP contribution in [0.15, 0.2) is 69.9 Å². The van der Waals surface area contributed by atoms with Gasteiger partial charge in [-0.05, 0) is 29.8 Å². The van der Waals surface area contributed by atoms with Crippen LogP contribution < -0.4 is 15.7 Å². The zero-order chi connectivity index (χ0) is 15.2. The minimum Gasteiger partial charge on any atom is -0.492 e. The summed E-state index contributed by atoms with van der Waals surface area (Å²) in [7, 11) is 0. The van der Waals surface area contributed by atoms with Gasteiger partial charge in [0.2, 0.25) is 0 Å². The van der Waals surface area contributed by atoms with Crippen molar-refractivity contribution >= 4 is 11.0 Å². The fourth-order valence-electron chi connectivity index (χ4n) is 2.21. The Kier molecular flexibility index (Phi) is 4.51. The average Bonchev–Trinajstić information content (AvgIpc) is 2.55. The van der Waals surface area contributed by atoms with Crippen molar-refractivity contribution in [1.29, 1.82) is 0 Å². The van der Waals surface area contributed by atoms with Crippen LogP contribution in [0.2, 0.25) is 0 Å². The van der Waals surface area contributed by atoms with E-state index in [9.17, 15) is 4.79 Å². The lowest BCUT2D eigenvalue weighted by Crippen LogP contribution is -2.20. The van der Waals surface area contributed by atoms with E-state index in [-0.39, 0.29) is 5.63 Å². The maximum atomic E-state index is 11.2. The molecule has 3 aromatic rings. The number of hydrogen-bond donors (Lipinski definition) is 1. The van der Waals surface area contributed by atoms with E-state index in [4.69, 9.17) is 9.15 Å². The number of nitrogens with one attached hydrogen (secondary N) is 1. The summed E-state index contributed by atoms with van der Waals surface area (Å²) in [6.07, 6.45) is 0. The normalized spacial score (nSPS) is 10.7. The summed E-state index contributed by atoms with van der Waals surface area (Å²) in [6, 6.07) is 18.8. The van der Waals surface area contributed by atoms with Crippen LogP contribution in [0.1, 0.15) is 5.56 Å². The SMILES string of the molecule is O=c1ccc2ccc(CNCCOc3ccccc3)cc2o1. The van der Waals surface area contributed by atoms with Gasteiger partial charge in [0.25, 0.3) is 0 Å². The summed E-state index contributed by atoms with van der Waals surface area (Å²) >= 11 is 0. The van der Waals surface area contributed by atoms with Crippen LogP contribution in [0.4, 0.5) is 0 Å². The lowest BCUT2D eigenvalue weighted by Gasteiger charge is -2.08. The summed E-state index contributed by atoms with van der Waals surface area (Å²) < 4.78 is 10.8. The van der Waals surface area contributed by atoms with Gasteiger partial charge in [-0.15, -0.1) is 0 Å². The van der Waals surface area contributed by atoms with Crippen molar-refractivity contribution in [2.24, 2.45) is 0 Å². The highest BCUT2D eigenvalue weighted by Crippen LogP contribution is 2.13. The van der Waals surface area contributed by atoms with E-state index in [0.717, 1.165) is 23.2 Å². The molecule has 0 atom stereocenters. The predicted octanol–water partition coefficient (Wildman–Crippen LogP) is 2.96. The Labute approximate surface area is 128 Å². The van der Waals surface area contributed by atoms with E-state index in [0.29, 0.717) is 18.7 Å². The Bertz CT molecular complexity index is 796. The first-order valence-corrected chi connectivity index (χ1v) is 7.23. The molecule has 4 nitrogen and oxygen atoms in total. The van der Waals surface area contributed by atoms with Gasteiger partial charge in [0.15, 0.2) is 0 Å². The zero-order valence-corrected chi connectivity index (χ0v) is 12.1. The molecule has 0 aliphatic carbocycles. The number of ether oxygens (including phenoxy) is 1. The number of hydrogen-bond acceptors (Lipinski definition) is 4. The quantitative estimate of drug-likeness (QED) is 0.561. The van der Waals surface area contributed by atoms with E-state index in [1.54, 1.807) is 6.07 Å². The van der Waals surface area contributed by atoms with Crippen LogP contribution >= 0.6 is 0 Å². The molecule has 2 aromatic carbocycles.